The summed E-state index contributed by atoms with van der Waals surface area (Å²) in [4.78, 5) is 24.8. The molecule has 0 bridgehead atoms. The number of aromatic amines is 1. The Morgan fingerprint density at radius 2 is 2.03 bits per heavy atom. The van der Waals surface area contributed by atoms with Gasteiger partial charge in [-0.2, -0.15) is 5.10 Å². The second-order valence-corrected chi connectivity index (χ2v) is 7.99. The van der Waals surface area contributed by atoms with Gasteiger partial charge in [-0.25, -0.2) is 18.3 Å². The molecule has 0 unspecified atom stereocenters. The van der Waals surface area contributed by atoms with E-state index in [-0.39, 0.29) is 5.56 Å². The predicted molar refractivity (Wildman–Crippen MR) is 118 cm³/mol. The number of carbonyl (C=O) groups excluding carboxylic acids is 1. The van der Waals surface area contributed by atoms with Crippen LogP contribution in [0.5, 0.6) is 0 Å². The van der Waals surface area contributed by atoms with Gasteiger partial charge < -0.3 is 20.1 Å². The Labute approximate surface area is 182 Å². The van der Waals surface area contributed by atoms with Crippen LogP contribution in [0.1, 0.15) is 10.4 Å². The van der Waals surface area contributed by atoms with E-state index in [1.54, 1.807) is 10.7 Å². The van der Waals surface area contributed by atoms with Crippen molar-refractivity contribution in [1.82, 2.24) is 29.8 Å². The first-order valence-electron chi connectivity index (χ1n) is 10.4. The van der Waals surface area contributed by atoms with Gasteiger partial charge in [-0.3, -0.25) is 4.79 Å². The number of rotatable bonds is 5. The molecule has 10 heteroatoms. The minimum absolute atomic E-state index is 0.253. The van der Waals surface area contributed by atoms with Gasteiger partial charge in [0.15, 0.2) is 0 Å². The van der Waals surface area contributed by atoms with Gasteiger partial charge in [-0.1, -0.05) is 0 Å². The third kappa shape index (κ3) is 3.77. The van der Waals surface area contributed by atoms with Gasteiger partial charge in [0.2, 0.25) is 0 Å². The van der Waals surface area contributed by atoms with Crippen LogP contribution in [0.4, 0.5) is 14.5 Å². The van der Waals surface area contributed by atoms with Gasteiger partial charge in [0, 0.05) is 49.5 Å². The smallest absolute Gasteiger partial charge is 0.255 e. The van der Waals surface area contributed by atoms with Crippen molar-refractivity contribution >= 4 is 28.1 Å². The molecule has 4 aromatic rings. The lowest BCUT2D eigenvalue weighted by Gasteiger charge is -2.33. The average Bonchev–Trinajstić information content (AvgIpc) is 3.41. The maximum atomic E-state index is 12.5. The summed E-state index contributed by atoms with van der Waals surface area (Å²) in [6.07, 6.45) is 4.32. The molecule has 0 aliphatic carbocycles. The topological polar surface area (TPSA) is 81.6 Å². The summed E-state index contributed by atoms with van der Waals surface area (Å²) in [7, 11) is 2.12. The first-order chi connectivity index (χ1) is 15.5. The molecule has 5 heterocycles. The molecule has 0 radical (unpaired) electrons. The molecule has 2 N–H and O–H groups in total. The van der Waals surface area contributed by atoms with Crippen LogP contribution >= 0.6 is 0 Å². The van der Waals surface area contributed by atoms with Gasteiger partial charge in [0.05, 0.1) is 35.7 Å². The lowest BCUT2D eigenvalue weighted by Crippen LogP contribution is -2.44. The molecule has 1 aliphatic rings. The van der Waals surface area contributed by atoms with Crippen molar-refractivity contribution in [2.75, 3.05) is 44.7 Å². The van der Waals surface area contributed by atoms with Crippen molar-refractivity contribution in [3.63, 3.8) is 0 Å². The molecule has 8 nitrogen and oxygen atoms in total. The lowest BCUT2D eigenvalue weighted by molar-refractivity contribution is 0.0893. The van der Waals surface area contributed by atoms with E-state index in [2.05, 4.69) is 43.3 Å². The number of hydrogen-bond acceptors (Lipinski definition) is 5. The van der Waals surface area contributed by atoms with Gasteiger partial charge >= 0.3 is 0 Å². The number of pyridine rings is 2. The van der Waals surface area contributed by atoms with Crippen molar-refractivity contribution in [1.29, 1.82) is 0 Å². The minimum Gasteiger partial charge on any atom is -0.368 e. The van der Waals surface area contributed by atoms with Crippen molar-refractivity contribution in [3.05, 3.63) is 48.5 Å². The quantitative estimate of drug-likeness (QED) is 0.500. The molecule has 5 rings (SSSR count). The van der Waals surface area contributed by atoms with E-state index in [1.165, 1.54) is 6.20 Å². The number of likely N-dealkylation sites (N-methyl/N-ethyl adjacent to an activating group) is 1. The highest BCUT2D eigenvalue weighted by Crippen LogP contribution is 2.31. The zero-order valence-electron chi connectivity index (χ0n) is 17.6. The summed E-state index contributed by atoms with van der Waals surface area (Å²) < 4.78 is 26.5. The molecule has 32 heavy (non-hydrogen) atoms. The van der Waals surface area contributed by atoms with E-state index in [0.717, 1.165) is 54.0 Å². The van der Waals surface area contributed by atoms with Crippen molar-refractivity contribution in [2.45, 2.75) is 6.43 Å². The first-order valence-corrected chi connectivity index (χ1v) is 10.4. The summed E-state index contributed by atoms with van der Waals surface area (Å²) in [5, 5.41) is 7.39. The lowest BCUT2D eigenvalue weighted by atomic mass is 10.1. The van der Waals surface area contributed by atoms with E-state index in [4.69, 9.17) is 0 Å². The third-order valence-electron chi connectivity index (χ3n) is 5.88. The first kappa shape index (κ1) is 20.4. The number of piperazine rings is 1. The second kappa shape index (κ2) is 8.19. The fraction of sp³-hybridized carbons (Fsp3) is 0.318. The maximum absolute atomic E-state index is 12.5. The zero-order valence-corrected chi connectivity index (χ0v) is 17.6. The van der Waals surface area contributed by atoms with Gasteiger partial charge in [0.25, 0.3) is 12.3 Å². The molecule has 0 atom stereocenters. The van der Waals surface area contributed by atoms with Gasteiger partial charge in [-0.05, 0) is 30.8 Å². The van der Waals surface area contributed by atoms with E-state index >= 15 is 0 Å². The number of nitrogens with zero attached hydrogens (tertiary/aromatic N) is 5. The van der Waals surface area contributed by atoms with Crippen LogP contribution in [-0.4, -0.2) is 76.6 Å². The Morgan fingerprint density at radius 3 is 2.81 bits per heavy atom. The highest BCUT2D eigenvalue weighted by molar-refractivity contribution is 6.02. The largest absolute Gasteiger partial charge is 0.368 e. The Balaban J connectivity index is 1.50. The maximum Gasteiger partial charge on any atom is 0.255 e. The molecule has 1 saturated heterocycles. The summed E-state index contributed by atoms with van der Waals surface area (Å²) in [6, 6.07) is 5.89. The van der Waals surface area contributed by atoms with Crippen molar-refractivity contribution in [3.8, 4) is 11.1 Å². The number of alkyl halides is 2. The Hall–Kier alpha value is -3.53. The Kier molecular flexibility index (Phi) is 5.22. The number of aromatic nitrogens is 4. The minimum atomic E-state index is -2.61. The van der Waals surface area contributed by atoms with E-state index < -0.39 is 18.9 Å². The molecule has 0 spiro atoms. The Bertz CT molecular complexity index is 1270. The van der Waals surface area contributed by atoms with Crippen molar-refractivity contribution in [2.24, 2.45) is 0 Å². The second-order valence-electron chi connectivity index (χ2n) is 7.99. The number of amides is 1. The number of hydrogen-bond donors (Lipinski definition) is 2. The fourth-order valence-corrected chi connectivity index (χ4v) is 4.06. The van der Waals surface area contributed by atoms with Crippen LogP contribution in [0.2, 0.25) is 0 Å². The van der Waals surface area contributed by atoms with Crippen LogP contribution < -0.4 is 10.2 Å². The number of anilines is 1. The van der Waals surface area contributed by atoms with E-state index in [0.29, 0.717) is 5.52 Å². The Morgan fingerprint density at radius 1 is 1.22 bits per heavy atom. The molecule has 4 aromatic heterocycles. The molecule has 1 aliphatic heterocycles. The predicted octanol–water partition coefficient (Wildman–Crippen LogP) is 2.62. The molecule has 0 saturated carbocycles. The van der Waals surface area contributed by atoms with Crippen LogP contribution in [-0.2, 0) is 0 Å². The summed E-state index contributed by atoms with van der Waals surface area (Å²) in [6.45, 7) is 3.21. The summed E-state index contributed by atoms with van der Waals surface area (Å²) in [5.74, 6) is -0.574. The zero-order chi connectivity index (χ0) is 22.2. The van der Waals surface area contributed by atoms with Crippen LogP contribution in [0.25, 0.3) is 27.7 Å². The normalized spacial score (nSPS) is 15.2. The number of nitrogens with one attached hydrogen (secondary N) is 2. The van der Waals surface area contributed by atoms with Crippen LogP contribution in [0, 0.1) is 0 Å². The molecule has 1 amide bonds. The number of H-pyrrole nitrogens is 1. The average molecular weight is 439 g/mol. The number of halogens is 2. The van der Waals surface area contributed by atoms with E-state index in [1.807, 2.05) is 24.5 Å². The van der Waals surface area contributed by atoms with Crippen LogP contribution in [0.3, 0.4) is 0 Å². The molecule has 0 aromatic carbocycles. The molecular formula is C22H23F2N7O. The van der Waals surface area contributed by atoms with E-state index in [9.17, 15) is 13.6 Å². The highest BCUT2D eigenvalue weighted by atomic mass is 19.3. The number of fused-ring (bicyclic) bond motifs is 2. The molecule has 1 fully saturated rings. The molecule has 166 valence electrons. The van der Waals surface area contributed by atoms with Crippen molar-refractivity contribution < 1.29 is 13.6 Å². The van der Waals surface area contributed by atoms with Gasteiger partial charge in [0.1, 0.15) is 5.65 Å². The van der Waals surface area contributed by atoms with Gasteiger partial charge in [-0.15, -0.1) is 0 Å². The monoisotopic (exact) mass is 439 g/mol. The molecular weight excluding hydrogens is 416 g/mol. The number of carbonyl (C=O) groups is 1. The van der Waals surface area contributed by atoms with Crippen LogP contribution in [0.15, 0.2) is 43.0 Å². The fourth-order valence-electron chi connectivity index (χ4n) is 4.06. The standard InChI is InChI=1S/C22H23F2N7O/c1-29-4-6-30(7-5-29)15-9-16-17(11-26-21(16)25-10-15)14-2-3-31-19(8-14)18(12-28-31)22(32)27-13-20(23)24/h2-3,8-12,20H,4-7,13H2,1H3,(H,25,26)(H,27,32). The summed E-state index contributed by atoms with van der Waals surface area (Å²) >= 11 is 0. The SMILES string of the molecule is CN1CCN(c2cnc3[nH]cc(-c4ccn5ncc(C(=O)NCC(F)F)c5c4)c3c2)CC1. The third-order valence-corrected chi connectivity index (χ3v) is 5.88. The highest BCUT2D eigenvalue weighted by Gasteiger charge is 2.18. The summed E-state index contributed by atoms with van der Waals surface area (Å²) in [5.41, 5.74) is 4.48.